The van der Waals surface area contributed by atoms with Gasteiger partial charge in [0.2, 0.25) is 0 Å². The van der Waals surface area contributed by atoms with Crippen LogP contribution in [-0.2, 0) is 0 Å². The van der Waals surface area contributed by atoms with Crippen molar-refractivity contribution in [2.24, 2.45) is 0 Å². The summed E-state index contributed by atoms with van der Waals surface area (Å²) < 4.78 is 20.9. The summed E-state index contributed by atoms with van der Waals surface area (Å²) in [4.78, 5) is 16.3. The van der Waals surface area contributed by atoms with Gasteiger partial charge < -0.3 is 10.1 Å². The van der Waals surface area contributed by atoms with Crippen LogP contribution in [-0.4, -0.2) is 16.6 Å². The van der Waals surface area contributed by atoms with Crippen LogP contribution in [0.15, 0.2) is 30.3 Å². The molecule has 4 nitrogen and oxygen atoms in total. The summed E-state index contributed by atoms with van der Waals surface area (Å²) in [6.45, 7) is 7.24. The van der Waals surface area contributed by atoms with E-state index in [1.54, 1.807) is 37.3 Å². The molecule has 0 saturated heterocycles. The van der Waals surface area contributed by atoms with Gasteiger partial charge in [-0.05, 0) is 57.0 Å². The van der Waals surface area contributed by atoms with E-state index < -0.39 is 11.6 Å². The van der Waals surface area contributed by atoms with E-state index in [0.29, 0.717) is 27.2 Å². The van der Waals surface area contributed by atoms with Gasteiger partial charge in [0, 0.05) is 16.1 Å². The monoisotopic (exact) mass is 392 g/mol. The van der Waals surface area contributed by atoms with Crippen LogP contribution in [0.3, 0.4) is 0 Å². The predicted octanol–water partition coefficient (Wildman–Crippen LogP) is 5.95. The molecular weight excluding hydrogens is 375 g/mol. The number of fused-ring (bicyclic) bond motifs is 1. The van der Waals surface area contributed by atoms with Crippen LogP contribution in [0.5, 0.6) is 5.19 Å². The second-order valence-corrected chi connectivity index (χ2v) is 8.41. The van der Waals surface area contributed by atoms with Gasteiger partial charge in [-0.2, -0.15) is 0 Å². The average Bonchev–Trinajstić information content (AvgIpc) is 2.87. The van der Waals surface area contributed by atoms with Crippen molar-refractivity contribution in [2.45, 2.75) is 33.2 Å². The number of hydrogen-bond acceptors (Lipinski definition) is 4. The van der Waals surface area contributed by atoms with Crippen molar-refractivity contribution in [3.63, 3.8) is 0 Å². The van der Waals surface area contributed by atoms with Gasteiger partial charge in [0.1, 0.15) is 5.82 Å². The molecule has 1 aromatic heterocycles. The molecule has 1 N–H and O–H groups in total. The summed E-state index contributed by atoms with van der Waals surface area (Å²) >= 11 is 7.25. The lowest BCUT2D eigenvalue weighted by Gasteiger charge is -2.18. The summed E-state index contributed by atoms with van der Waals surface area (Å²) in [6.07, 6.45) is -0.599. The molecule has 26 heavy (non-hydrogen) atoms. The molecule has 1 heterocycles. The first-order valence-corrected chi connectivity index (χ1v) is 9.19. The quantitative estimate of drug-likeness (QED) is 0.586. The van der Waals surface area contributed by atoms with Crippen LogP contribution in [0, 0.1) is 12.7 Å². The van der Waals surface area contributed by atoms with Crippen molar-refractivity contribution in [2.75, 3.05) is 0 Å². The van der Waals surface area contributed by atoms with Crippen molar-refractivity contribution >= 4 is 39.2 Å². The maximum Gasteiger partial charge on any atom is 0.414 e. The first-order chi connectivity index (χ1) is 12.1. The molecule has 0 aliphatic rings. The number of carbonyl (C=O) groups excluding carboxylic acids is 1. The van der Waals surface area contributed by atoms with E-state index in [4.69, 9.17) is 16.3 Å². The van der Waals surface area contributed by atoms with E-state index in [0.717, 1.165) is 4.70 Å². The molecule has 3 aromatic rings. The first-order valence-electron chi connectivity index (χ1n) is 7.99. The second kappa shape index (κ2) is 6.85. The molecule has 136 valence electrons. The first kappa shape index (κ1) is 18.6. The molecular formula is C19H18ClFN2O2S. The van der Waals surface area contributed by atoms with Crippen molar-refractivity contribution in [3.8, 4) is 16.3 Å². The minimum Gasteiger partial charge on any atom is -0.381 e. The molecule has 7 heteroatoms. The van der Waals surface area contributed by atoms with Crippen molar-refractivity contribution in [1.29, 1.82) is 0 Å². The second-order valence-electron chi connectivity index (χ2n) is 6.98. The van der Waals surface area contributed by atoms with Crippen molar-refractivity contribution in [3.05, 3.63) is 46.7 Å². The number of carbonyl (C=O) groups is 1. The Bertz CT molecular complexity index is 995. The van der Waals surface area contributed by atoms with E-state index in [1.807, 2.05) is 20.8 Å². The van der Waals surface area contributed by atoms with Crippen molar-refractivity contribution < 1.29 is 13.9 Å². The normalized spacial score (nSPS) is 11.6. The zero-order valence-electron chi connectivity index (χ0n) is 14.8. The Labute approximate surface area is 160 Å². The molecule has 0 unspecified atom stereocenters. The van der Waals surface area contributed by atoms with E-state index in [2.05, 4.69) is 10.3 Å². The Morgan fingerprint density at radius 3 is 2.69 bits per heavy atom. The Morgan fingerprint density at radius 2 is 2.04 bits per heavy atom. The maximum absolute atomic E-state index is 14.8. The zero-order chi connectivity index (χ0) is 19.1. The molecule has 0 saturated carbocycles. The third-order valence-electron chi connectivity index (χ3n) is 3.55. The molecule has 0 bridgehead atoms. The minimum absolute atomic E-state index is 0.162. The van der Waals surface area contributed by atoms with E-state index in [9.17, 15) is 9.18 Å². The highest BCUT2D eigenvalue weighted by Crippen LogP contribution is 2.38. The van der Waals surface area contributed by atoms with E-state index >= 15 is 0 Å². The van der Waals surface area contributed by atoms with Crippen molar-refractivity contribution in [1.82, 2.24) is 10.3 Å². The van der Waals surface area contributed by atoms with Gasteiger partial charge >= 0.3 is 6.09 Å². The maximum atomic E-state index is 14.8. The summed E-state index contributed by atoms with van der Waals surface area (Å²) in [5.74, 6) is -0.365. The summed E-state index contributed by atoms with van der Waals surface area (Å²) in [6, 6.07) is 8.64. The summed E-state index contributed by atoms with van der Waals surface area (Å²) in [5, 5.41) is 3.37. The number of amides is 1. The van der Waals surface area contributed by atoms with Gasteiger partial charge in [0.05, 0.1) is 10.2 Å². The SMILES string of the molecule is Cc1cc2sc(OC(=O)NC(C)(C)C)nc2c(-c2cccc(Cl)c2)c1F. The fourth-order valence-corrected chi connectivity index (χ4v) is 3.62. The van der Waals surface area contributed by atoms with Crippen LogP contribution in [0.2, 0.25) is 5.02 Å². The van der Waals surface area contributed by atoms with Gasteiger partial charge in [-0.3, -0.25) is 0 Å². The molecule has 0 spiro atoms. The standard InChI is InChI=1S/C19H18ClFN2O2S/c1-10-8-13-16(14(15(10)21)11-6-5-7-12(20)9-11)22-18(26-13)25-17(24)23-19(2,3)4/h5-9H,1-4H3,(H,23,24). The van der Waals surface area contributed by atoms with E-state index in [1.165, 1.54) is 11.3 Å². The van der Waals surface area contributed by atoms with Gasteiger partial charge in [-0.1, -0.05) is 35.1 Å². The lowest BCUT2D eigenvalue weighted by Crippen LogP contribution is -2.42. The zero-order valence-corrected chi connectivity index (χ0v) is 16.4. The van der Waals surface area contributed by atoms with Crippen LogP contribution < -0.4 is 10.1 Å². The summed E-state index contributed by atoms with van der Waals surface area (Å²) in [7, 11) is 0. The van der Waals surface area contributed by atoms with Gasteiger partial charge in [0.25, 0.3) is 5.19 Å². The fourth-order valence-electron chi connectivity index (χ4n) is 2.51. The number of halogens is 2. The smallest absolute Gasteiger partial charge is 0.381 e. The summed E-state index contributed by atoms with van der Waals surface area (Å²) in [5.41, 5.74) is 1.48. The largest absolute Gasteiger partial charge is 0.414 e. The molecule has 3 rings (SSSR count). The molecule has 0 radical (unpaired) electrons. The number of ether oxygens (including phenoxy) is 1. The Hall–Kier alpha value is -2.18. The molecule has 1 amide bonds. The van der Waals surface area contributed by atoms with Crippen LogP contribution in [0.25, 0.3) is 21.3 Å². The lowest BCUT2D eigenvalue weighted by molar-refractivity contribution is 0.190. The molecule has 2 aromatic carbocycles. The van der Waals surface area contributed by atoms with Crippen LogP contribution in [0.4, 0.5) is 9.18 Å². The Kier molecular flexibility index (Phi) is 4.90. The number of hydrogen-bond donors (Lipinski definition) is 1. The minimum atomic E-state index is -0.599. The highest BCUT2D eigenvalue weighted by molar-refractivity contribution is 7.20. The Balaban J connectivity index is 2.07. The number of nitrogens with one attached hydrogen (secondary N) is 1. The Morgan fingerprint density at radius 1 is 1.31 bits per heavy atom. The molecule has 0 atom stereocenters. The lowest BCUT2D eigenvalue weighted by atomic mass is 10.0. The highest BCUT2D eigenvalue weighted by Gasteiger charge is 2.20. The van der Waals surface area contributed by atoms with Crippen LogP contribution >= 0.6 is 22.9 Å². The highest BCUT2D eigenvalue weighted by atomic mass is 35.5. The molecule has 0 aliphatic heterocycles. The fraction of sp³-hybridized carbons (Fsp3) is 0.263. The van der Waals surface area contributed by atoms with E-state index in [-0.39, 0.29) is 11.0 Å². The van der Waals surface area contributed by atoms with Gasteiger partial charge in [0.15, 0.2) is 0 Å². The molecule has 0 fully saturated rings. The number of benzene rings is 2. The number of aryl methyl sites for hydroxylation is 1. The average molecular weight is 393 g/mol. The predicted molar refractivity (Wildman–Crippen MR) is 104 cm³/mol. The number of nitrogens with zero attached hydrogens (tertiary/aromatic N) is 1. The van der Waals surface area contributed by atoms with Gasteiger partial charge in [-0.15, -0.1) is 0 Å². The van der Waals surface area contributed by atoms with Crippen LogP contribution in [0.1, 0.15) is 26.3 Å². The third-order valence-corrected chi connectivity index (χ3v) is 4.67. The molecule has 0 aliphatic carbocycles. The number of aromatic nitrogens is 1. The third kappa shape index (κ3) is 3.97. The van der Waals surface area contributed by atoms with Gasteiger partial charge in [-0.25, -0.2) is 14.2 Å². The topological polar surface area (TPSA) is 51.2 Å². The number of rotatable bonds is 2. The number of thiazole rings is 1.